The molecular weight excluding hydrogens is 353 g/mol. The summed E-state index contributed by atoms with van der Waals surface area (Å²) in [5.41, 5.74) is 0.333. The van der Waals surface area contributed by atoms with Gasteiger partial charge in [0.15, 0.2) is 0 Å². The fourth-order valence-corrected chi connectivity index (χ4v) is 4.08. The first-order chi connectivity index (χ1) is 10.7. The number of halogens is 3. The second-order valence-corrected chi connectivity index (χ2v) is 7.36. The Labute approximate surface area is 132 Å². The van der Waals surface area contributed by atoms with Crippen LogP contribution in [0, 0.1) is 0 Å². The van der Waals surface area contributed by atoms with E-state index in [2.05, 4.69) is 14.4 Å². The summed E-state index contributed by atoms with van der Waals surface area (Å²) in [6.07, 6.45) is -3.38. The minimum atomic E-state index is -4.87. The molecule has 0 spiro atoms. The summed E-state index contributed by atoms with van der Waals surface area (Å²) in [5, 5.41) is 1.97. The van der Waals surface area contributed by atoms with Gasteiger partial charge < -0.3 is 9.72 Å². The number of aromatic amines is 1. The van der Waals surface area contributed by atoms with Crippen molar-refractivity contribution >= 4 is 38.0 Å². The monoisotopic (exact) mass is 362 g/mol. The number of nitrogens with one attached hydrogen (secondary N) is 2. The van der Waals surface area contributed by atoms with Crippen LogP contribution in [0.15, 0.2) is 46.1 Å². The average molecular weight is 362 g/mol. The van der Waals surface area contributed by atoms with Crippen molar-refractivity contribution in [1.82, 2.24) is 4.98 Å². The SMILES string of the molecule is O=S(=O)(Nc1cc(OC(F)(F)F)cc2cc[nH]c12)c1cccs1. The summed E-state index contributed by atoms with van der Waals surface area (Å²) in [4.78, 5) is 2.79. The van der Waals surface area contributed by atoms with Crippen LogP contribution < -0.4 is 9.46 Å². The fourth-order valence-electron chi connectivity index (χ4n) is 2.03. The molecule has 0 aliphatic rings. The van der Waals surface area contributed by atoms with Crippen molar-refractivity contribution in [2.24, 2.45) is 0 Å². The maximum Gasteiger partial charge on any atom is 0.573 e. The zero-order chi connectivity index (χ0) is 16.7. The van der Waals surface area contributed by atoms with E-state index in [1.165, 1.54) is 24.4 Å². The van der Waals surface area contributed by atoms with E-state index in [0.717, 1.165) is 17.4 Å². The van der Waals surface area contributed by atoms with Gasteiger partial charge in [-0.2, -0.15) is 0 Å². The first-order valence-electron chi connectivity index (χ1n) is 6.18. The summed E-state index contributed by atoms with van der Waals surface area (Å²) in [7, 11) is -3.89. The molecule has 0 saturated carbocycles. The Morgan fingerprint density at radius 1 is 1.22 bits per heavy atom. The van der Waals surface area contributed by atoms with Crippen molar-refractivity contribution in [3.8, 4) is 5.75 Å². The van der Waals surface area contributed by atoms with Crippen molar-refractivity contribution in [3.63, 3.8) is 0 Å². The summed E-state index contributed by atoms with van der Waals surface area (Å²) in [6, 6.07) is 6.63. The molecule has 5 nitrogen and oxygen atoms in total. The van der Waals surface area contributed by atoms with E-state index < -0.39 is 22.1 Å². The predicted octanol–water partition coefficient (Wildman–Crippen LogP) is 3.93. The van der Waals surface area contributed by atoms with E-state index in [1.54, 1.807) is 11.4 Å². The van der Waals surface area contributed by atoms with Gasteiger partial charge in [-0.25, -0.2) is 8.42 Å². The number of hydrogen-bond donors (Lipinski definition) is 2. The van der Waals surface area contributed by atoms with Crippen LogP contribution in [0.25, 0.3) is 10.9 Å². The number of fused-ring (bicyclic) bond motifs is 1. The van der Waals surface area contributed by atoms with E-state index in [9.17, 15) is 21.6 Å². The molecular formula is C13H9F3N2O3S2. The Morgan fingerprint density at radius 3 is 2.65 bits per heavy atom. The number of aromatic nitrogens is 1. The number of hydrogen-bond acceptors (Lipinski definition) is 4. The first kappa shape index (κ1) is 15.7. The molecule has 23 heavy (non-hydrogen) atoms. The molecule has 0 aliphatic carbocycles. The lowest BCUT2D eigenvalue weighted by Crippen LogP contribution is -2.17. The Hall–Kier alpha value is -2.20. The van der Waals surface area contributed by atoms with Gasteiger partial charge in [-0.3, -0.25) is 4.72 Å². The number of H-pyrrole nitrogens is 1. The molecule has 2 N–H and O–H groups in total. The van der Waals surface area contributed by atoms with Crippen molar-refractivity contribution in [3.05, 3.63) is 41.9 Å². The Bertz CT molecular complexity index is 931. The molecule has 0 amide bonds. The maximum absolute atomic E-state index is 12.4. The Kier molecular flexibility index (Phi) is 3.72. The van der Waals surface area contributed by atoms with Gasteiger partial charge in [0.2, 0.25) is 0 Å². The van der Waals surface area contributed by atoms with Crippen LogP contribution >= 0.6 is 11.3 Å². The van der Waals surface area contributed by atoms with E-state index >= 15 is 0 Å². The number of sulfonamides is 1. The molecule has 0 atom stereocenters. The topological polar surface area (TPSA) is 71.2 Å². The molecule has 0 bridgehead atoms. The van der Waals surface area contributed by atoms with Crippen LogP contribution in [-0.2, 0) is 10.0 Å². The Morgan fingerprint density at radius 2 is 2.00 bits per heavy atom. The lowest BCUT2D eigenvalue weighted by molar-refractivity contribution is -0.274. The van der Waals surface area contributed by atoms with Gasteiger partial charge in [0.1, 0.15) is 9.96 Å². The molecule has 2 heterocycles. The lowest BCUT2D eigenvalue weighted by atomic mass is 10.2. The number of benzene rings is 1. The van der Waals surface area contributed by atoms with Gasteiger partial charge in [-0.05, 0) is 23.6 Å². The van der Waals surface area contributed by atoms with Gasteiger partial charge in [-0.1, -0.05) is 6.07 Å². The van der Waals surface area contributed by atoms with Crippen LogP contribution in [0.5, 0.6) is 5.75 Å². The van der Waals surface area contributed by atoms with Crippen LogP contribution in [0.2, 0.25) is 0 Å². The van der Waals surface area contributed by atoms with E-state index in [4.69, 9.17) is 0 Å². The standard InChI is InChI=1S/C13H9F3N2O3S2/c14-13(15,16)21-9-6-8-3-4-17-12(8)10(7-9)18-23(19,20)11-2-1-5-22-11/h1-7,17-18H. The third kappa shape index (κ3) is 3.42. The summed E-state index contributed by atoms with van der Waals surface area (Å²) < 4.78 is 67.9. The van der Waals surface area contributed by atoms with E-state index in [1.807, 2.05) is 0 Å². The zero-order valence-electron chi connectivity index (χ0n) is 11.2. The number of anilines is 1. The number of ether oxygens (including phenoxy) is 1. The molecule has 0 aliphatic heterocycles. The first-order valence-corrected chi connectivity index (χ1v) is 8.54. The molecule has 1 aromatic carbocycles. The number of thiophene rings is 1. The second kappa shape index (κ2) is 5.46. The van der Waals surface area contributed by atoms with Crippen molar-refractivity contribution in [2.75, 3.05) is 4.72 Å². The van der Waals surface area contributed by atoms with Crippen molar-refractivity contribution in [2.45, 2.75) is 10.6 Å². The normalized spacial score (nSPS) is 12.5. The molecule has 0 fully saturated rings. The van der Waals surface area contributed by atoms with Crippen LogP contribution in [0.4, 0.5) is 18.9 Å². The number of rotatable bonds is 4. The summed E-state index contributed by atoms with van der Waals surface area (Å²) >= 11 is 0.999. The average Bonchev–Trinajstić information content (AvgIpc) is 3.07. The van der Waals surface area contributed by atoms with Crippen LogP contribution in [-0.4, -0.2) is 19.8 Å². The smallest absolute Gasteiger partial charge is 0.406 e. The van der Waals surface area contributed by atoms with Crippen molar-refractivity contribution < 1.29 is 26.3 Å². The highest BCUT2D eigenvalue weighted by Gasteiger charge is 2.31. The highest BCUT2D eigenvalue weighted by Crippen LogP contribution is 2.33. The van der Waals surface area contributed by atoms with Gasteiger partial charge >= 0.3 is 6.36 Å². The van der Waals surface area contributed by atoms with Crippen LogP contribution in [0.1, 0.15) is 0 Å². The molecule has 0 saturated heterocycles. The molecule has 3 aromatic rings. The number of alkyl halides is 3. The van der Waals surface area contributed by atoms with E-state index in [0.29, 0.717) is 10.9 Å². The third-order valence-corrected chi connectivity index (χ3v) is 5.63. The molecule has 122 valence electrons. The highest BCUT2D eigenvalue weighted by molar-refractivity contribution is 7.94. The van der Waals surface area contributed by atoms with Crippen molar-refractivity contribution in [1.29, 1.82) is 0 Å². The molecule has 0 unspecified atom stereocenters. The highest BCUT2D eigenvalue weighted by atomic mass is 32.2. The molecule has 2 aromatic heterocycles. The van der Waals surface area contributed by atoms with E-state index in [-0.39, 0.29) is 9.90 Å². The Balaban J connectivity index is 2.04. The minimum absolute atomic E-state index is 0.0276. The lowest BCUT2D eigenvalue weighted by Gasteiger charge is -2.12. The molecule has 0 radical (unpaired) electrons. The predicted molar refractivity (Wildman–Crippen MR) is 80.1 cm³/mol. The van der Waals surface area contributed by atoms with Gasteiger partial charge in [0, 0.05) is 17.6 Å². The largest absolute Gasteiger partial charge is 0.573 e. The molecule has 10 heteroatoms. The quantitative estimate of drug-likeness (QED) is 0.739. The zero-order valence-corrected chi connectivity index (χ0v) is 12.8. The third-order valence-electron chi connectivity index (χ3n) is 2.87. The minimum Gasteiger partial charge on any atom is -0.406 e. The van der Waals surface area contributed by atoms with Gasteiger partial charge in [-0.15, -0.1) is 24.5 Å². The fraction of sp³-hybridized carbons (Fsp3) is 0.0769. The second-order valence-electron chi connectivity index (χ2n) is 4.50. The van der Waals surface area contributed by atoms with Crippen LogP contribution in [0.3, 0.4) is 0 Å². The summed E-state index contributed by atoms with van der Waals surface area (Å²) in [5.74, 6) is -0.506. The molecule has 3 rings (SSSR count). The maximum atomic E-state index is 12.4. The van der Waals surface area contributed by atoms with Gasteiger partial charge in [0.25, 0.3) is 10.0 Å². The van der Waals surface area contributed by atoms with Gasteiger partial charge in [0.05, 0.1) is 11.2 Å². The summed E-state index contributed by atoms with van der Waals surface area (Å²) in [6.45, 7) is 0.